The Hall–Kier alpha value is 1.39. The summed E-state index contributed by atoms with van der Waals surface area (Å²) in [6.07, 6.45) is 0. The van der Waals surface area contributed by atoms with Crippen molar-refractivity contribution in [1.29, 1.82) is 0 Å². The van der Waals surface area contributed by atoms with Crippen LogP contribution in [0, 0.1) is 39.9 Å². The first-order valence-electron chi connectivity index (χ1n) is 0.730. The molecule has 0 aromatic carbocycles. The molecular weight excluding hydrogens is 343 g/mol. The largest absolute Gasteiger partial charge is 0.822 e. The fraction of sp³-hybridized carbons (Fsp3) is 0. The zero-order valence-corrected chi connectivity index (χ0v) is 8.08. The summed E-state index contributed by atoms with van der Waals surface area (Å²) in [5.41, 5.74) is 0. The maximum absolute atomic E-state index is 8.55. The van der Waals surface area contributed by atoms with Gasteiger partial charge in [0.1, 0.15) is 0 Å². The summed E-state index contributed by atoms with van der Waals surface area (Å²) in [6.45, 7) is 0. The maximum atomic E-state index is 8.55. The molecule has 0 heterocycles. The molecule has 44 valence electrons. The molecule has 0 aromatic rings. The van der Waals surface area contributed by atoms with Gasteiger partial charge in [0, 0.05) is 39.9 Å². The summed E-state index contributed by atoms with van der Waals surface area (Å²) in [5, 5.41) is 0. The van der Waals surface area contributed by atoms with Crippen molar-refractivity contribution in [2.75, 3.05) is 0 Å². The van der Waals surface area contributed by atoms with Gasteiger partial charge in [0.2, 0.25) is 0 Å². The molecule has 0 saturated heterocycles. The molecule has 0 rings (SSSR count). The molecule has 2 N–H and O–H groups in total. The van der Waals surface area contributed by atoms with E-state index < -0.39 is 7.82 Å². The fourth-order valence-electron chi connectivity index (χ4n) is 0. The number of phosphoric acid groups is 1. The third-order valence-electron chi connectivity index (χ3n) is 0. The molecule has 0 aliphatic rings. The minimum Gasteiger partial charge on any atom is -0.822 e. The predicted molar refractivity (Wildman–Crippen MR) is 11.2 cm³/mol. The van der Waals surface area contributed by atoms with Gasteiger partial charge in [-0.3, -0.25) is 0 Å². The molecule has 0 amide bonds. The second kappa shape index (κ2) is 5.53. The molecule has 0 spiro atoms. The Morgan fingerprint density at radius 2 is 1.14 bits per heavy atom. The summed E-state index contributed by atoms with van der Waals surface area (Å²) in [5.74, 6) is 0. The number of hydrogen-bond acceptors (Lipinski definition) is 4. The smallest absolute Gasteiger partial charge is 0 e. The SMILES string of the molecule is O.O=P([O-])([O-])[O-].[Th]. The summed E-state index contributed by atoms with van der Waals surface area (Å²) in [7, 11) is -5.39. The summed E-state index contributed by atoms with van der Waals surface area (Å²) >= 11 is 0. The van der Waals surface area contributed by atoms with Gasteiger partial charge in [0.15, 0.2) is 0 Å². The van der Waals surface area contributed by atoms with Crippen LogP contribution in [0.3, 0.4) is 0 Å². The van der Waals surface area contributed by atoms with Crippen molar-refractivity contribution >= 4 is 7.82 Å². The zero-order chi connectivity index (χ0) is 4.50. The average Bonchev–Trinajstić information content (AvgIpc) is 0.722. The summed E-state index contributed by atoms with van der Waals surface area (Å²) in [6, 6.07) is 0. The third-order valence-corrected chi connectivity index (χ3v) is 0. The normalized spacial score (nSPS) is 8.43. The molecular formula is H2O5PTh-3. The topological polar surface area (TPSA) is 118 Å². The van der Waals surface area contributed by atoms with Crippen LogP contribution in [0.1, 0.15) is 0 Å². The van der Waals surface area contributed by atoms with E-state index in [0.29, 0.717) is 0 Å². The van der Waals surface area contributed by atoms with Crippen LogP contribution in [0.2, 0.25) is 0 Å². The van der Waals surface area contributed by atoms with Gasteiger partial charge < -0.3 is 24.7 Å². The Morgan fingerprint density at radius 1 is 1.14 bits per heavy atom. The maximum Gasteiger partial charge on any atom is 0 e. The Bertz CT molecular complexity index is 54.2. The number of hydrogen-bond donors (Lipinski definition) is 0. The van der Waals surface area contributed by atoms with Crippen LogP contribution >= 0.6 is 7.82 Å². The van der Waals surface area contributed by atoms with Crippen LogP contribution in [0.5, 0.6) is 0 Å². The standard InChI is InChI=1S/H3O4P.H2O.Th/c1-5(2,3)4;;/h(H3,1,2,3,4);1H2;/p-3. The van der Waals surface area contributed by atoms with E-state index in [1.807, 2.05) is 0 Å². The first-order chi connectivity index (χ1) is 2.00. The molecule has 5 nitrogen and oxygen atoms in total. The Balaban J connectivity index is -0.0000000800. The molecule has 7 heavy (non-hydrogen) atoms. The van der Waals surface area contributed by atoms with Crippen LogP contribution in [0.15, 0.2) is 0 Å². The number of rotatable bonds is 0. The average molecular weight is 345 g/mol. The van der Waals surface area contributed by atoms with Crippen molar-refractivity contribution < 1.29 is 64.7 Å². The Morgan fingerprint density at radius 3 is 1.14 bits per heavy atom. The van der Waals surface area contributed by atoms with Crippen molar-refractivity contribution in [2.24, 2.45) is 0 Å². The van der Waals surface area contributed by atoms with Crippen molar-refractivity contribution in [2.45, 2.75) is 0 Å². The van der Waals surface area contributed by atoms with Gasteiger partial charge in [0.05, 0.1) is 0 Å². The van der Waals surface area contributed by atoms with Gasteiger partial charge in [-0.1, -0.05) is 0 Å². The van der Waals surface area contributed by atoms with Crippen molar-refractivity contribution in [3.05, 3.63) is 0 Å². The first kappa shape index (κ1) is 15.8. The van der Waals surface area contributed by atoms with Gasteiger partial charge in [0.25, 0.3) is 0 Å². The van der Waals surface area contributed by atoms with E-state index in [1.165, 1.54) is 0 Å². The van der Waals surface area contributed by atoms with Crippen LogP contribution in [0.4, 0.5) is 0 Å². The summed E-state index contributed by atoms with van der Waals surface area (Å²) < 4.78 is 8.55. The molecule has 7 heteroatoms. The van der Waals surface area contributed by atoms with E-state index in [4.69, 9.17) is 19.2 Å². The minimum absolute atomic E-state index is 0. The molecule has 0 saturated carbocycles. The van der Waals surface area contributed by atoms with Crippen molar-refractivity contribution in [3.8, 4) is 0 Å². The molecule has 0 atom stereocenters. The van der Waals surface area contributed by atoms with Gasteiger partial charge in [-0.25, -0.2) is 0 Å². The van der Waals surface area contributed by atoms with E-state index in [-0.39, 0.29) is 45.4 Å². The van der Waals surface area contributed by atoms with E-state index in [0.717, 1.165) is 0 Å². The fourth-order valence-corrected chi connectivity index (χ4v) is 0. The van der Waals surface area contributed by atoms with Crippen molar-refractivity contribution in [3.63, 3.8) is 0 Å². The minimum atomic E-state index is -5.39. The third kappa shape index (κ3) is 111. The van der Waals surface area contributed by atoms with E-state index in [2.05, 4.69) is 0 Å². The Kier molecular flexibility index (Phi) is 12.5. The van der Waals surface area contributed by atoms with Gasteiger partial charge in [-0.15, -0.1) is 0 Å². The molecule has 0 aliphatic heterocycles. The summed E-state index contributed by atoms with van der Waals surface area (Å²) in [4.78, 5) is 25.6. The zero-order valence-electron chi connectivity index (χ0n) is 3.08. The van der Waals surface area contributed by atoms with Gasteiger partial charge in [-0.2, -0.15) is 7.82 Å². The van der Waals surface area contributed by atoms with Gasteiger partial charge in [-0.05, 0) is 0 Å². The first-order valence-corrected chi connectivity index (χ1v) is 2.19. The van der Waals surface area contributed by atoms with E-state index in [1.54, 1.807) is 0 Å². The van der Waals surface area contributed by atoms with Crippen LogP contribution < -0.4 is 14.7 Å². The molecule has 0 bridgehead atoms. The predicted octanol–water partition coefficient (Wildman–Crippen LogP) is -3.65. The van der Waals surface area contributed by atoms with Gasteiger partial charge >= 0.3 is 0 Å². The molecule has 0 radical (unpaired) electrons. The second-order valence-corrected chi connectivity index (χ2v) is 1.34. The quantitative estimate of drug-likeness (QED) is 0.421. The second-order valence-electron chi connectivity index (χ2n) is 0.447. The Labute approximate surface area is 72.0 Å². The van der Waals surface area contributed by atoms with Crippen molar-refractivity contribution in [1.82, 2.24) is 0 Å². The van der Waals surface area contributed by atoms with Crippen LogP contribution in [-0.4, -0.2) is 5.48 Å². The van der Waals surface area contributed by atoms with E-state index in [9.17, 15) is 0 Å². The van der Waals surface area contributed by atoms with Crippen LogP contribution in [0.25, 0.3) is 0 Å². The van der Waals surface area contributed by atoms with E-state index >= 15 is 0 Å². The molecule has 0 aliphatic carbocycles. The molecule has 0 fully saturated rings. The monoisotopic (exact) mass is 345 g/mol. The molecule has 0 unspecified atom stereocenters. The molecule has 0 aromatic heterocycles. The van der Waals surface area contributed by atoms with Crippen LogP contribution in [-0.2, 0) is 4.57 Å².